The van der Waals surface area contributed by atoms with Crippen LogP contribution in [0.3, 0.4) is 0 Å². The van der Waals surface area contributed by atoms with Crippen LogP contribution in [0.5, 0.6) is 0 Å². The van der Waals surface area contributed by atoms with Gasteiger partial charge in [0.2, 0.25) is 10.0 Å². The molecule has 11 heteroatoms. The number of hydrogen-bond acceptors (Lipinski definition) is 5. The summed E-state index contributed by atoms with van der Waals surface area (Å²) in [6.45, 7) is 4.03. The predicted octanol–water partition coefficient (Wildman–Crippen LogP) is 0.758. The number of amides is 4. The second kappa shape index (κ2) is 11.3. The van der Waals surface area contributed by atoms with Crippen LogP contribution in [0.1, 0.15) is 29.8 Å². The molecule has 0 radical (unpaired) electrons. The summed E-state index contributed by atoms with van der Waals surface area (Å²) < 4.78 is 26.6. The zero-order valence-electron chi connectivity index (χ0n) is 17.9. The molecule has 0 spiro atoms. The van der Waals surface area contributed by atoms with E-state index in [1.807, 2.05) is 6.07 Å². The number of rotatable bonds is 9. The molecule has 0 aliphatic heterocycles. The molecule has 0 aliphatic rings. The average molecular weight is 462 g/mol. The Balaban J connectivity index is 2.10. The molecular formula is C21H27N5O5S. The summed E-state index contributed by atoms with van der Waals surface area (Å²) >= 11 is 0. The molecule has 0 aromatic heterocycles. The third-order valence-corrected chi connectivity index (χ3v) is 6.70. The SMILES string of the molecule is CCN(CC)S(=O)(=O)c1cccc(C(=O)NNC(=O)C(Cc2ccccc2)NC(N)=O)c1. The number of benzene rings is 2. The van der Waals surface area contributed by atoms with E-state index < -0.39 is 33.9 Å². The number of sulfonamides is 1. The zero-order chi connectivity index (χ0) is 23.7. The Morgan fingerprint density at radius 2 is 1.62 bits per heavy atom. The van der Waals surface area contributed by atoms with Gasteiger partial charge < -0.3 is 11.1 Å². The molecule has 4 amide bonds. The van der Waals surface area contributed by atoms with Crippen LogP contribution in [0.25, 0.3) is 0 Å². The first kappa shape index (κ1) is 24.8. The van der Waals surface area contributed by atoms with Gasteiger partial charge in [0.25, 0.3) is 11.8 Å². The average Bonchev–Trinajstić information content (AvgIpc) is 2.78. The summed E-state index contributed by atoms with van der Waals surface area (Å²) in [7, 11) is -3.75. The van der Waals surface area contributed by atoms with Crippen LogP contribution in [0.4, 0.5) is 4.79 Å². The summed E-state index contributed by atoms with van der Waals surface area (Å²) in [5.74, 6) is -1.40. The van der Waals surface area contributed by atoms with Gasteiger partial charge in [0.1, 0.15) is 6.04 Å². The molecule has 32 heavy (non-hydrogen) atoms. The van der Waals surface area contributed by atoms with Gasteiger partial charge in [-0.15, -0.1) is 0 Å². The van der Waals surface area contributed by atoms with Gasteiger partial charge in [-0.25, -0.2) is 13.2 Å². The van der Waals surface area contributed by atoms with Crippen molar-refractivity contribution >= 4 is 27.9 Å². The van der Waals surface area contributed by atoms with E-state index in [2.05, 4.69) is 16.2 Å². The van der Waals surface area contributed by atoms with E-state index in [1.54, 1.807) is 38.1 Å². The molecule has 2 aromatic rings. The van der Waals surface area contributed by atoms with Crippen molar-refractivity contribution in [1.29, 1.82) is 0 Å². The molecule has 1 unspecified atom stereocenters. The monoisotopic (exact) mass is 461 g/mol. The second-order valence-corrected chi connectivity index (χ2v) is 8.75. The summed E-state index contributed by atoms with van der Waals surface area (Å²) in [5, 5.41) is 2.34. The Labute approximate surface area is 187 Å². The van der Waals surface area contributed by atoms with Gasteiger partial charge in [-0.05, 0) is 23.8 Å². The van der Waals surface area contributed by atoms with Crippen molar-refractivity contribution in [2.75, 3.05) is 13.1 Å². The third-order valence-electron chi connectivity index (χ3n) is 4.65. The maximum atomic E-state index is 12.7. The van der Waals surface area contributed by atoms with Gasteiger partial charge in [0, 0.05) is 25.1 Å². The highest BCUT2D eigenvalue weighted by Crippen LogP contribution is 2.17. The van der Waals surface area contributed by atoms with Gasteiger partial charge in [-0.2, -0.15) is 4.31 Å². The minimum Gasteiger partial charge on any atom is -0.352 e. The van der Waals surface area contributed by atoms with Crippen molar-refractivity contribution in [2.45, 2.75) is 31.2 Å². The lowest BCUT2D eigenvalue weighted by molar-refractivity contribution is -0.123. The number of hydrogen-bond donors (Lipinski definition) is 4. The molecule has 5 N–H and O–H groups in total. The van der Waals surface area contributed by atoms with Gasteiger partial charge in [-0.3, -0.25) is 20.4 Å². The zero-order valence-corrected chi connectivity index (χ0v) is 18.7. The molecule has 2 rings (SSSR count). The van der Waals surface area contributed by atoms with E-state index in [9.17, 15) is 22.8 Å². The fourth-order valence-corrected chi connectivity index (χ4v) is 4.52. The first-order valence-corrected chi connectivity index (χ1v) is 11.4. The van der Waals surface area contributed by atoms with Crippen molar-refractivity contribution < 1.29 is 22.8 Å². The van der Waals surface area contributed by atoms with Crippen molar-refractivity contribution in [3.8, 4) is 0 Å². The number of nitrogens with one attached hydrogen (secondary N) is 3. The quantitative estimate of drug-likeness (QED) is 0.407. The van der Waals surface area contributed by atoms with Crippen molar-refractivity contribution in [1.82, 2.24) is 20.5 Å². The number of hydrazine groups is 1. The maximum Gasteiger partial charge on any atom is 0.312 e. The smallest absolute Gasteiger partial charge is 0.312 e. The predicted molar refractivity (Wildman–Crippen MR) is 119 cm³/mol. The molecule has 0 bridgehead atoms. The molecule has 0 heterocycles. The van der Waals surface area contributed by atoms with Gasteiger partial charge >= 0.3 is 6.03 Å². The van der Waals surface area contributed by atoms with E-state index in [4.69, 9.17) is 5.73 Å². The van der Waals surface area contributed by atoms with Crippen LogP contribution in [-0.4, -0.2) is 49.7 Å². The second-order valence-electron chi connectivity index (χ2n) is 6.81. The largest absolute Gasteiger partial charge is 0.352 e. The van der Waals surface area contributed by atoms with E-state index >= 15 is 0 Å². The van der Waals surface area contributed by atoms with Gasteiger partial charge in [-0.1, -0.05) is 50.2 Å². The van der Waals surface area contributed by atoms with Crippen LogP contribution in [-0.2, 0) is 21.2 Å². The fraction of sp³-hybridized carbons (Fsp3) is 0.286. The lowest BCUT2D eigenvalue weighted by Gasteiger charge is -2.19. The van der Waals surface area contributed by atoms with Crippen LogP contribution in [0, 0.1) is 0 Å². The van der Waals surface area contributed by atoms with Gasteiger partial charge in [0.05, 0.1) is 4.90 Å². The van der Waals surface area contributed by atoms with Crippen molar-refractivity contribution in [2.24, 2.45) is 5.73 Å². The van der Waals surface area contributed by atoms with E-state index in [0.717, 1.165) is 5.56 Å². The van der Waals surface area contributed by atoms with Crippen LogP contribution in [0.2, 0.25) is 0 Å². The molecule has 1 atom stereocenters. The summed E-state index contributed by atoms with van der Waals surface area (Å²) in [4.78, 5) is 36.3. The minimum absolute atomic E-state index is 0.0301. The summed E-state index contributed by atoms with van der Waals surface area (Å²) in [5.41, 5.74) is 10.5. The lowest BCUT2D eigenvalue weighted by Crippen LogP contribution is -2.54. The lowest BCUT2D eigenvalue weighted by atomic mass is 10.1. The van der Waals surface area contributed by atoms with E-state index in [0.29, 0.717) is 13.1 Å². The standard InChI is InChI=1S/C21H27N5O5S/c1-3-26(4-2)32(30,31)17-12-8-11-16(14-17)19(27)24-25-20(28)18(23-21(22)29)13-15-9-6-5-7-10-15/h5-12,14,18H,3-4,13H2,1-2H3,(H,24,27)(H,25,28)(H3,22,23,29). The van der Waals surface area contributed by atoms with Crippen molar-refractivity contribution in [3.05, 3.63) is 65.7 Å². The minimum atomic E-state index is -3.75. The van der Waals surface area contributed by atoms with Crippen LogP contribution >= 0.6 is 0 Å². The number of urea groups is 1. The van der Waals surface area contributed by atoms with Crippen molar-refractivity contribution in [3.63, 3.8) is 0 Å². The van der Waals surface area contributed by atoms with E-state index in [1.165, 1.54) is 28.6 Å². The maximum absolute atomic E-state index is 12.7. The molecule has 0 fully saturated rings. The Kier molecular flexibility index (Phi) is 8.73. The molecular weight excluding hydrogens is 434 g/mol. The number of carbonyl (C=O) groups excluding carboxylic acids is 3. The normalized spacial score (nSPS) is 12.1. The number of carbonyl (C=O) groups is 3. The number of nitrogens with zero attached hydrogens (tertiary/aromatic N) is 1. The van der Waals surface area contributed by atoms with Crippen LogP contribution in [0.15, 0.2) is 59.5 Å². The molecule has 0 saturated carbocycles. The molecule has 0 saturated heterocycles. The number of primary amides is 1. The molecule has 10 nitrogen and oxygen atoms in total. The molecule has 0 aliphatic carbocycles. The summed E-state index contributed by atoms with van der Waals surface area (Å²) in [6, 6.07) is 12.5. The van der Waals surface area contributed by atoms with Gasteiger partial charge in [0.15, 0.2) is 0 Å². The Morgan fingerprint density at radius 3 is 2.22 bits per heavy atom. The van der Waals surface area contributed by atoms with E-state index in [-0.39, 0.29) is 16.9 Å². The first-order chi connectivity index (χ1) is 15.2. The highest BCUT2D eigenvalue weighted by Gasteiger charge is 2.24. The summed E-state index contributed by atoms with van der Waals surface area (Å²) in [6.07, 6.45) is 0.156. The molecule has 2 aromatic carbocycles. The Hall–Kier alpha value is -3.44. The van der Waals surface area contributed by atoms with Crippen LogP contribution < -0.4 is 21.9 Å². The number of nitrogens with two attached hydrogens (primary N) is 1. The highest BCUT2D eigenvalue weighted by molar-refractivity contribution is 7.89. The first-order valence-electron chi connectivity index (χ1n) is 9.99. The topological polar surface area (TPSA) is 151 Å². The Bertz CT molecular complexity index is 1060. The fourth-order valence-electron chi connectivity index (χ4n) is 3.02. The Morgan fingerprint density at radius 1 is 0.969 bits per heavy atom. The molecule has 172 valence electrons. The third kappa shape index (κ3) is 6.53. The highest BCUT2D eigenvalue weighted by atomic mass is 32.2.